The minimum Gasteiger partial charge on any atom is -0.491 e. The minimum absolute atomic E-state index is 0.0126. The van der Waals surface area contributed by atoms with E-state index in [1.54, 1.807) is 0 Å². The topological polar surface area (TPSA) is 76.0 Å². The molecule has 0 aromatic rings. The number of hydrogen-bond donors (Lipinski definition) is 2. The summed E-state index contributed by atoms with van der Waals surface area (Å²) in [6.45, 7) is 8.47. The van der Waals surface area contributed by atoms with Crippen molar-refractivity contribution in [2.75, 3.05) is 0 Å². The number of aliphatic hydroxyl groups is 2. The Kier molecular flexibility index (Phi) is 3.61. The van der Waals surface area contributed by atoms with Gasteiger partial charge in [0.25, 0.3) is 0 Å². The first-order valence-corrected chi connectivity index (χ1v) is 11.4. The van der Waals surface area contributed by atoms with E-state index in [9.17, 15) is 15.0 Å². The van der Waals surface area contributed by atoms with Crippen molar-refractivity contribution >= 4 is 5.97 Å². The summed E-state index contributed by atoms with van der Waals surface area (Å²) >= 11 is 0. The van der Waals surface area contributed by atoms with Crippen LogP contribution in [0.1, 0.15) is 47.0 Å². The molecule has 3 bridgehead atoms. The Hall–Kier alpha value is -1.33. The van der Waals surface area contributed by atoms with E-state index in [0.717, 1.165) is 30.6 Å². The molecule has 3 fully saturated rings. The molecule has 5 heteroatoms. The molecule has 5 nitrogen and oxygen atoms in total. The van der Waals surface area contributed by atoms with Crippen molar-refractivity contribution in [2.24, 2.45) is 47.3 Å². The van der Waals surface area contributed by atoms with E-state index < -0.39 is 12.2 Å². The Morgan fingerprint density at radius 3 is 2.69 bits per heavy atom. The highest BCUT2D eigenvalue weighted by Crippen LogP contribution is 2.66. The molecule has 2 saturated carbocycles. The predicted octanol–water partition coefficient (Wildman–Crippen LogP) is 2.82. The van der Waals surface area contributed by atoms with Gasteiger partial charge in [-0.15, -0.1) is 0 Å². The first kappa shape index (κ1) is 18.4. The van der Waals surface area contributed by atoms with Crippen molar-refractivity contribution in [1.29, 1.82) is 0 Å². The second-order valence-corrected chi connectivity index (χ2v) is 10.9. The first-order chi connectivity index (χ1) is 13.7. The summed E-state index contributed by atoms with van der Waals surface area (Å²) in [7, 11) is 0. The van der Waals surface area contributed by atoms with Crippen LogP contribution in [-0.2, 0) is 14.3 Å². The Bertz CT molecular complexity index is 844. The Balaban J connectivity index is 1.55. The fourth-order valence-corrected chi connectivity index (χ4v) is 8.16. The molecule has 158 valence electrons. The van der Waals surface area contributed by atoms with Crippen LogP contribution in [0.25, 0.3) is 0 Å². The second kappa shape index (κ2) is 5.67. The van der Waals surface area contributed by atoms with Gasteiger partial charge < -0.3 is 19.7 Å². The molecule has 0 amide bonds. The van der Waals surface area contributed by atoms with E-state index in [2.05, 4.69) is 26.8 Å². The molecule has 12 atom stereocenters. The maximum atomic E-state index is 13.2. The van der Waals surface area contributed by atoms with Crippen LogP contribution < -0.4 is 0 Å². The SMILES string of the molecule is CC1=C[C@H]2[C@@H](O)[C@H](C)[C@@H](O)[C@@H]2[C@H]2[C@@H]3C4=C5O[C@](C)(CCC(OC4=O)[C@H]5C)[C@@H]3C[C@@H]12. The van der Waals surface area contributed by atoms with Gasteiger partial charge in [-0.2, -0.15) is 0 Å². The van der Waals surface area contributed by atoms with Crippen LogP contribution in [-0.4, -0.2) is 40.1 Å². The Morgan fingerprint density at radius 1 is 1.17 bits per heavy atom. The molecule has 1 unspecified atom stereocenters. The molecule has 0 spiro atoms. The standard InChI is InChI=1S/C24H32O5/c1-9-7-13-17(21(26)11(3)20(13)25)16-12(9)8-14-18(16)19-22-10(2)15(28-23(19)27)5-6-24(14,4)29-22/h7,10-18,20-21,25-26H,5-6,8H2,1-4H3/t10-,11+,12+,13-,14-,15?,16+,17+,18-,20+,21-,24-/m1/s1. The average molecular weight is 401 g/mol. The summed E-state index contributed by atoms with van der Waals surface area (Å²) in [5.41, 5.74) is 1.77. The molecule has 1 saturated heterocycles. The highest BCUT2D eigenvalue weighted by atomic mass is 16.6. The van der Waals surface area contributed by atoms with Crippen molar-refractivity contribution in [2.45, 2.75) is 70.9 Å². The summed E-state index contributed by atoms with van der Waals surface area (Å²) in [4.78, 5) is 13.2. The van der Waals surface area contributed by atoms with E-state index >= 15 is 0 Å². The molecule has 0 aromatic heterocycles. The molecule has 2 N–H and O–H groups in total. The zero-order valence-electron chi connectivity index (χ0n) is 17.7. The molecule has 6 aliphatic rings. The molecular weight excluding hydrogens is 368 g/mol. The zero-order chi connectivity index (χ0) is 20.4. The van der Waals surface area contributed by atoms with Crippen molar-refractivity contribution in [1.82, 2.24) is 0 Å². The lowest BCUT2D eigenvalue weighted by Gasteiger charge is -2.48. The fraction of sp³-hybridized carbons (Fsp3) is 0.792. The number of rotatable bonds is 0. The number of hydrogen-bond acceptors (Lipinski definition) is 5. The minimum atomic E-state index is -0.543. The number of carbonyl (C=O) groups is 1. The van der Waals surface area contributed by atoms with Crippen molar-refractivity contribution in [3.63, 3.8) is 0 Å². The number of fused-ring (bicyclic) bond motifs is 9. The van der Waals surface area contributed by atoms with Crippen LogP contribution in [0, 0.1) is 47.3 Å². The summed E-state index contributed by atoms with van der Waals surface area (Å²) in [5.74, 6) is 1.34. The molecular formula is C24H32O5. The average Bonchev–Trinajstić information content (AvgIpc) is 3.16. The number of ether oxygens (including phenoxy) is 2. The third kappa shape index (κ3) is 2.11. The molecule has 0 aromatic carbocycles. The normalized spacial score (nSPS) is 57.4. The summed E-state index contributed by atoms with van der Waals surface area (Å²) in [6.07, 6.45) is 3.79. The lowest BCUT2D eigenvalue weighted by atomic mass is 9.63. The van der Waals surface area contributed by atoms with Crippen molar-refractivity contribution in [3.05, 3.63) is 23.0 Å². The van der Waals surface area contributed by atoms with E-state index in [1.807, 2.05) is 6.92 Å². The van der Waals surface area contributed by atoms with Crippen LogP contribution in [0.15, 0.2) is 23.0 Å². The van der Waals surface area contributed by atoms with Gasteiger partial charge in [-0.25, -0.2) is 4.79 Å². The third-order valence-electron chi connectivity index (χ3n) is 9.72. The van der Waals surface area contributed by atoms with Gasteiger partial charge in [0.15, 0.2) is 0 Å². The fourth-order valence-electron chi connectivity index (χ4n) is 8.16. The van der Waals surface area contributed by atoms with E-state index in [1.165, 1.54) is 5.57 Å². The molecule has 3 heterocycles. The van der Waals surface area contributed by atoms with Crippen LogP contribution in [0.5, 0.6) is 0 Å². The van der Waals surface area contributed by atoms with Gasteiger partial charge >= 0.3 is 5.97 Å². The molecule has 29 heavy (non-hydrogen) atoms. The lowest BCUT2D eigenvalue weighted by molar-refractivity contribution is -0.154. The second-order valence-electron chi connectivity index (χ2n) is 10.9. The zero-order valence-corrected chi connectivity index (χ0v) is 17.7. The largest absolute Gasteiger partial charge is 0.491 e. The maximum absolute atomic E-state index is 13.2. The molecule has 3 aliphatic carbocycles. The molecule has 6 rings (SSSR count). The summed E-state index contributed by atoms with van der Waals surface area (Å²) in [6, 6.07) is 0. The van der Waals surface area contributed by atoms with Gasteiger partial charge in [-0.3, -0.25) is 0 Å². The molecule has 0 radical (unpaired) electrons. The van der Waals surface area contributed by atoms with Gasteiger partial charge in [0.05, 0.1) is 23.7 Å². The van der Waals surface area contributed by atoms with Gasteiger partial charge in [-0.05, 0) is 50.9 Å². The van der Waals surface area contributed by atoms with E-state index in [0.29, 0.717) is 5.92 Å². The Morgan fingerprint density at radius 2 is 1.93 bits per heavy atom. The van der Waals surface area contributed by atoms with E-state index in [4.69, 9.17) is 9.47 Å². The monoisotopic (exact) mass is 400 g/mol. The highest BCUT2D eigenvalue weighted by molar-refractivity contribution is 5.91. The summed E-state index contributed by atoms with van der Waals surface area (Å²) < 4.78 is 12.6. The third-order valence-corrected chi connectivity index (χ3v) is 9.72. The number of carbonyl (C=O) groups excluding carboxylic acids is 1. The van der Waals surface area contributed by atoms with Crippen molar-refractivity contribution in [3.8, 4) is 0 Å². The number of aliphatic hydroxyl groups excluding tert-OH is 2. The quantitative estimate of drug-likeness (QED) is 0.483. The van der Waals surface area contributed by atoms with Gasteiger partial charge in [-0.1, -0.05) is 25.5 Å². The lowest BCUT2D eigenvalue weighted by Crippen LogP contribution is -2.49. The first-order valence-electron chi connectivity index (χ1n) is 11.4. The maximum Gasteiger partial charge on any atom is 0.338 e. The van der Waals surface area contributed by atoms with Gasteiger partial charge in [0.1, 0.15) is 17.5 Å². The highest BCUT2D eigenvalue weighted by Gasteiger charge is 2.66. The number of allylic oxidation sites excluding steroid dienone is 1. The van der Waals surface area contributed by atoms with Crippen LogP contribution in [0.3, 0.4) is 0 Å². The van der Waals surface area contributed by atoms with Crippen LogP contribution in [0.4, 0.5) is 0 Å². The number of esters is 1. The smallest absolute Gasteiger partial charge is 0.338 e. The Labute approximate surface area is 172 Å². The molecule has 3 aliphatic heterocycles. The van der Waals surface area contributed by atoms with Gasteiger partial charge in [0.2, 0.25) is 0 Å². The van der Waals surface area contributed by atoms with E-state index in [-0.39, 0.29) is 59.1 Å². The van der Waals surface area contributed by atoms with Crippen LogP contribution >= 0.6 is 0 Å². The van der Waals surface area contributed by atoms with Crippen molar-refractivity contribution < 1.29 is 24.5 Å². The van der Waals surface area contributed by atoms with Gasteiger partial charge in [0, 0.05) is 23.7 Å². The van der Waals surface area contributed by atoms with Crippen LogP contribution in [0.2, 0.25) is 0 Å². The summed E-state index contributed by atoms with van der Waals surface area (Å²) in [5, 5.41) is 22.0. The predicted molar refractivity (Wildman–Crippen MR) is 105 cm³/mol.